The van der Waals surface area contributed by atoms with Crippen LogP contribution in [0.1, 0.15) is 25.7 Å². The summed E-state index contributed by atoms with van der Waals surface area (Å²) in [6, 6.07) is 7.21. The molecule has 0 aliphatic heterocycles. The first-order valence-electron chi connectivity index (χ1n) is 6.45. The Kier molecular flexibility index (Phi) is 4.61. The molecule has 4 heteroatoms. The van der Waals surface area contributed by atoms with E-state index in [-0.39, 0.29) is 11.8 Å². The fourth-order valence-electron chi connectivity index (χ4n) is 2.44. The van der Waals surface area contributed by atoms with Crippen LogP contribution in [0.4, 0.5) is 5.69 Å². The van der Waals surface area contributed by atoms with E-state index in [9.17, 15) is 4.79 Å². The Morgan fingerprint density at radius 3 is 2.39 bits per heavy atom. The van der Waals surface area contributed by atoms with E-state index in [1.807, 2.05) is 12.1 Å². The minimum absolute atomic E-state index is 0.118. The van der Waals surface area contributed by atoms with Gasteiger partial charge in [-0.25, -0.2) is 0 Å². The molecule has 0 radical (unpaired) electrons. The summed E-state index contributed by atoms with van der Waals surface area (Å²) in [5.74, 6) is 0.848. The Bertz CT molecular complexity index is 397. The van der Waals surface area contributed by atoms with E-state index in [1.54, 1.807) is 12.1 Å². The lowest BCUT2D eigenvalue weighted by Crippen LogP contribution is -2.29. The molecule has 1 amide bonds. The summed E-state index contributed by atoms with van der Waals surface area (Å²) in [6.45, 7) is 0.742. The number of carbonyl (C=O) groups is 1. The van der Waals surface area contributed by atoms with Crippen molar-refractivity contribution in [1.82, 2.24) is 0 Å². The highest BCUT2D eigenvalue weighted by Crippen LogP contribution is 2.29. The van der Waals surface area contributed by atoms with Crippen molar-refractivity contribution < 1.29 is 4.79 Å². The lowest BCUT2D eigenvalue weighted by atomic mass is 9.81. The van der Waals surface area contributed by atoms with E-state index in [1.165, 1.54) is 0 Å². The standard InChI is InChI=1S/C14H19ClN2O/c15-12-5-7-13(8-6-12)17-14(18)11-3-1-10(9-16)2-4-11/h5-8,10-11H,1-4,9,16H2,(H,17,18)/t10-,11-. The number of carbonyl (C=O) groups excluding carboxylic acids is 1. The molecule has 0 bridgehead atoms. The Morgan fingerprint density at radius 2 is 1.83 bits per heavy atom. The number of amides is 1. The van der Waals surface area contributed by atoms with Gasteiger partial charge >= 0.3 is 0 Å². The highest BCUT2D eigenvalue weighted by atomic mass is 35.5. The van der Waals surface area contributed by atoms with Gasteiger partial charge in [0.2, 0.25) is 5.91 Å². The normalized spacial score (nSPS) is 23.7. The van der Waals surface area contributed by atoms with Crippen LogP contribution in [0.3, 0.4) is 0 Å². The third-order valence-electron chi connectivity index (χ3n) is 3.66. The van der Waals surface area contributed by atoms with Crippen LogP contribution < -0.4 is 11.1 Å². The molecule has 18 heavy (non-hydrogen) atoms. The van der Waals surface area contributed by atoms with Gasteiger partial charge in [0.25, 0.3) is 0 Å². The molecule has 2 rings (SSSR count). The molecular weight excluding hydrogens is 248 g/mol. The van der Waals surface area contributed by atoms with Crippen molar-refractivity contribution in [1.29, 1.82) is 0 Å². The average Bonchev–Trinajstić information content (AvgIpc) is 2.41. The van der Waals surface area contributed by atoms with Gasteiger partial charge in [-0.3, -0.25) is 4.79 Å². The van der Waals surface area contributed by atoms with E-state index < -0.39 is 0 Å². The largest absolute Gasteiger partial charge is 0.330 e. The summed E-state index contributed by atoms with van der Waals surface area (Å²) in [6.07, 6.45) is 4.02. The third-order valence-corrected chi connectivity index (χ3v) is 3.91. The zero-order valence-electron chi connectivity index (χ0n) is 10.4. The second-order valence-corrected chi connectivity index (χ2v) is 5.39. The molecule has 0 atom stereocenters. The van der Waals surface area contributed by atoms with Crippen LogP contribution in [0.15, 0.2) is 24.3 Å². The maximum Gasteiger partial charge on any atom is 0.227 e. The molecule has 1 saturated carbocycles. The van der Waals surface area contributed by atoms with Crippen molar-refractivity contribution in [2.75, 3.05) is 11.9 Å². The van der Waals surface area contributed by atoms with Gasteiger partial charge < -0.3 is 11.1 Å². The monoisotopic (exact) mass is 266 g/mol. The molecule has 1 fully saturated rings. The number of anilines is 1. The van der Waals surface area contributed by atoms with Crippen molar-refractivity contribution in [3.05, 3.63) is 29.3 Å². The molecule has 0 spiro atoms. The topological polar surface area (TPSA) is 55.1 Å². The number of nitrogens with one attached hydrogen (secondary N) is 1. The van der Waals surface area contributed by atoms with E-state index in [2.05, 4.69) is 5.32 Å². The molecule has 0 heterocycles. The van der Waals surface area contributed by atoms with Crippen molar-refractivity contribution in [2.45, 2.75) is 25.7 Å². The predicted octanol–water partition coefficient (Wildman–Crippen LogP) is 3.04. The lowest BCUT2D eigenvalue weighted by Gasteiger charge is -2.26. The van der Waals surface area contributed by atoms with Gasteiger partial charge in [0, 0.05) is 16.6 Å². The Balaban J connectivity index is 1.87. The zero-order chi connectivity index (χ0) is 13.0. The Morgan fingerprint density at radius 1 is 1.22 bits per heavy atom. The predicted molar refractivity (Wildman–Crippen MR) is 74.6 cm³/mol. The van der Waals surface area contributed by atoms with Gasteiger partial charge in [-0.2, -0.15) is 0 Å². The SMILES string of the molecule is NC[C@H]1CC[C@H](C(=O)Nc2ccc(Cl)cc2)CC1. The second-order valence-electron chi connectivity index (χ2n) is 4.95. The molecule has 3 nitrogen and oxygen atoms in total. The molecule has 1 aromatic carbocycles. The summed E-state index contributed by atoms with van der Waals surface area (Å²) >= 11 is 5.80. The third kappa shape index (κ3) is 3.47. The average molecular weight is 267 g/mol. The lowest BCUT2D eigenvalue weighted by molar-refractivity contribution is -0.121. The summed E-state index contributed by atoms with van der Waals surface area (Å²) in [5, 5.41) is 3.62. The van der Waals surface area contributed by atoms with Gasteiger partial charge in [-0.1, -0.05) is 11.6 Å². The number of hydrogen-bond donors (Lipinski definition) is 2. The van der Waals surface area contributed by atoms with E-state index >= 15 is 0 Å². The minimum atomic E-state index is 0.118. The first-order chi connectivity index (χ1) is 8.69. The van der Waals surface area contributed by atoms with Crippen LogP contribution in [0, 0.1) is 11.8 Å². The summed E-state index contributed by atoms with van der Waals surface area (Å²) in [5.41, 5.74) is 6.46. The van der Waals surface area contributed by atoms with Crippen LogP contribution in [-0.4, -0.2) is 12.5 Å². The highest BCUT2D eigenvalue weighted by Gasteiger charge is 2.25. The Labute approximate surface area is 113 Å². The van der Waals surface area contributed by atoms with Crippen molar-refractivity contribution >= 4 is 23.2 Å². The quantitative estimate of drug-likeness (QED) is 0.884. The van der Waals surface area contributed by atoms with Crippen LogP contribution in [0.2, 0.25) is 5.02 Å². The molecule has 1 aliphatic rings. The fraction of sp³-hybridized carbons (Fsp3) is 0.500. The molecule has 1 aromatic rings. The molecular formula is C14H19ClN2O. The molecule has 98 valence electrons. The summed E-state index contributed by atoms with van der Waals surface area (Å²) < 4.78 is 0. The van der Waals surface area contributed by atoms with Gasteiger partial charge in [0.05, 0.1) is 0 Å². The van der Waals surface area contributed by atoms with Crippen LogP contribution in [0.5, 0.6) is 0 Å². The van der Waals surface area contributed by atoms with Gasteiger partial charge in [-0.15, -0.1) is 0 Å². The summed E-state index contributed by atoms with van der Waals surface area (Å²) in [4.78, 5) is 12.1. The highest BCUT2D eigenvalue weighted by molar-refractivity contribution is 6.30. The van der Waals surface area contributed by atoms with Gasteiger partial charge in [0.15, 0.2) is 0 Å². The van der Waals surface area contributed by atoms with Gasteiger partial charge in [0.1, 0.15) is 0 Å². The number of nitrogens with two attached hydrogens (primary N) is 1. The molecule has 0 saturated heterocycles. The fourth-order valence-corrected chi connectivity index (χ4v) is 2.56. The summed E-state index contributed by atoms with van der Waals surface area (Å²) in [7, 11) is 0. The first-order valence-corrected chi connectivity index (χ1v) is 6.83. The smallest absolute Gasteiger partial charge is 0.227 e. The molecule has 3 N–H and O–H groups in total. The van der Waals surface area contributed by atoms with E-state index in [0.29, 0.717) is 10.9 Å². The van der Waals surface area contributed by atoms with Crippen molar-refractivity contribution in [2.24, 2.45) is 17.6 Å². The van der Waals surface area contributed by atoms with Gasteiger partial charge in [-0.05, 0) is 62.4 Å². The minimum Gasteiger partial charge on any atom is -0.330 e. The number of rotatable bonds is 3. The molecule has 0 aromatic heterocycles. The molecule has 1 aliphatic carbocycles. The van der Waals surface area contributed by atoms with Crippen LogP contribution >= 0.6 is 11.6 Å². The number of benzene rings is 1. The maximum atomic E-state index is 12.1. The van der Waals surface area contributed by atoms with Crippen molar-refractivity contribution in [3.63, 3.8) is 0 Å². The molecule has 0 unspecified atom stereocenters. The zero-order valence-corrected chi connectivity index (χ0v) is 11.1. The van der Waals surface area contributed by atoms with Crippen LogP contribution in [0.25, 0.3) is 0 Å². The first kappa shape index (κ1) is 13.4. The van der Waals surface area contributed by atoms with Crippen LogP contribution in [-0.2, 0) is 4.79 Å². The van der Waals surface area contributed by atoms with E-state index in [4.69, 9.17) is 17.3 Å². The number of halogens is 1. The van der Waals surface area contributed by atoms with E-state index in [0.717, 1.165) is 37.9 Å². The number of hydrogen-bond acceptors (Lipinski definition) is 2. The maximum absolute atomic E-state index is 12.1. The second kappa shape index (κ2) is 6.21. The Hall–Kier alpha value is -1.06. The van der Waals surface area contributed by atoms with Crippen molar-refractivity contribution in [3.8, 4) is 0 Å².